The molecule has 1 saturated heterocycles. The molecule has 1 atom stereocenters. The zero-order valence-corrected chi connectivity index (χ0v) is 16.5. The van der Waals surface area contributed by atoms with E-state index < -0.39 is 4.92 Å². The number of carbonyl (C=O) groups is 1. The number of ether oxygens (including phenoxy) is 1. The molecule has 1 heterocycles. The Morgan fingerprint density at radius 2 is 2.00 bits per heavy atom. The molecule has 0 radical (unpaired) electrons. The minimum atomic E-state index is -0.464. The lowest BCUT2D eigenvalue weighted by Gasteiger charge is -2.35. The first kappa shape index (κ1) is 21.0. The number of nitro benzene ring substituents is 1. The molecule has 7 nitrogen and oxygen atoms in total. The van der Waals surface area contributed by atoms with Crippen LogP contribution in [0.1, 0.15) is 17.2 Å². The molecule has 3 rings (SSSR count). The van der Waals surface area contributed by atoms with Crippen LogP contribution in [0.15, 0.2) is 54.6 Å². The van der Waals surface area contributed by atoms with E-state index in [0.29, 0.717) is 30.3 Å². The summed E-state index contributed by atoms with van der Waals surface area (Å²) in [7, 11) is 0. The Balaban J connectivity index is 1.67. The molecule has 1 aliphatic rings. The van der Waals surface area contributed by atoms with Crippen molar-refractivity contribution >= 4 is 29.3 Å². The van der Waals surface area contributed by atoms with Gasteiger partial charge in [-0.1, -0.05) is 41.9 Å². The smallest absolute Gasteiger partial charge is 0.270 e. The zero-order valence-electron chi connectivity index (χ0n) is 15.8. The number of hydrogen-bond donors (Lipinski definition) is 1. The molecular formula is C21H22ClN3O4. The van der Waals surface area contributed by atoms with Crippen LogP contribution in [-0.4, -0.2) is 48.6 Å². The van der Waals surface area contributed by atoms with Crippen molar-refractivity contribution < 1.29 is 14.5 Å². The van der Waals surface area contributed by atoms with Gasteiger partial charge in [0.2, 0.25) is 5.91 Å². The van der Waals surface area contributed by atoms with E-state index in [1.807, 2.05) is 24.3 Å². The second-order valence-corrected chi connectivity index (χ2v) is 7.02. The minimum absolute atomic E-state index is 0.0151. The van der Waals surface area contributed by atoms with Gasteiger partial charge in [0.1, 0.15) is 0 Å². The molecule has 0 bridgehead atoms. The molecule has 1 unspecified atom stereocenters. The van der Waals surface area contributed by atoms with Gasteiger partial charge in [0, 0.05) is 42.9 Å². The van der Waals surface area contributed by atoms with Crippen LogP contribution in [0.3, 0.4) is 0 Å². The molecule has 2 aromatic carbocycles. The van der Waals surface area contributed by atoms with E-state index in [2.05, 4.69) is 10.2 Å². The van der Waals surface area contributed by atoms with Gasteiger partial charge in [0.05, 0.1) is 24.2 Å². The first-order chi connectivity index (χ1) is 14.0. The van der Waals surface area contributed by atoms with Crippen LogP contribution < -0.4 is 5.32 Å². The molecule has 152 valence electrons. The number of carbonyl (C=O) groups excluding carboxylic acids is 1. The number of benzene rings is 2. The summed E-state index contributed by atoms with van der Waals surface area (Å²) in [4.78, 5) is 25.0. The second-order valence-electron chi connectivity index (χ2n) is 6.62. The first-order valence-corrected chi connectivity index (χ1v) is 9.69. The highest BCUT2D eigenvalue weighted by atomic mass is 35.5. The fourth-order valence-electron chi connectivity index (χ4n) is 3.24. The van der Waals surface area contributed by atoms with E-state index in [-0.39, 0.29) is 17.6 Å². The molecular weight excluding hydrogens is 394 g/mol. The van der Waals surface area contributed by atoms with Crippen LogP contribution in [0, 0.1) is 10.1 Å². The van der Waals surface area contributed by atoms with Crippen molar-refractivity contribution in [1.29, 1.82) is 0 Å². The van der Waals surface area contributed by atoms with Gasteiger partial charge in [0.15, 0.2) is 0 Å². The van der Waals surface area contributed by atoms with E-state index in [0.717, 1.165) is 18.7 Å². The maximum absolute atomic E-state index is 12.3. The van der Waals surface area contributed by atoms with E-state index in [1.54, 1.807) is 18.2 Å². The Labute approximate surface area is 174 Å². The largest absolute Gasteiger partial charge is 0.379 e. The average molecular weight is 416 g/mol. The third-order valence-electron chi connectivity index (χ3n) is 4.73. The summed E-state index contributed by atoms with van der Waals surface area (Å²) >= 11 is 6.40. The number of halogens is 1. The summed E-state index contributed by atoms with van der Waals surface area (Å²) < 4.78 is 5.43. The van der Waals surface area contributed by atoms with Gasteiger partial charge in [0.25, 0.3) is 5.69 Å². The van der Waals surface area contributed by atoms with Crippen LogP contribution in [0.5, 0.6) is 0 Å². The van der Waals surface area contributed by atoms with Crippen LogP contribution in [0.25, 0.3) is 6.08 Å². The van der Waals surface area contributed by atoms with Gasteiger partial charge in [-0.25, -0.2) is 0 Å². The monoisotopic (exact) mass is 415 g/mol. The maximum atomic E-state index is 12.3. The van der Waals surface area contributed by atoms with Crippen LogP contribution in [0.2, 0.25) is 5.02 Å². The van der Waals surface area contributed by atoms with Crippen molar-refractivity contribution in [2.24, 2.45) is 0 Å². The Hall–Kier alpha value is -2.74. The van der Waals surface area contributed by atoms with Crippen LogP contribution in [0.4, 0.5) is 5.69 Å². The fourth-order valence-corrected chi connectivity index (χ4v) is 3.50. The Kier molecular flexibility index (Phi) is 7.35. The van der Waals surface area contributed by atoms with Crippen molar-refractivity contribution in [1.82, 2.24) is 10.2 Å². The van der Waals surface area contributed by atoms with Gasteiger partial charge in [-0.2, -0.15) is 0 Å². The molecule has 2 aromatic rings. The zero-order chi connectivity index (χ0) is 20.6. The second kappa shape index (κ2) is 10.2. The van der Waals surface area contributed by atoms with Crippen LogP contribution in [-0.2, 0) is 9.53 Å². The minimum Gasteiger partial charge on any atom is -0.379 e. The summed E-state index contributed by atoms with van der Waals surface area (Å²) in [5, 5.41) is 14.4. The summed E-state index contributed by atoms with van der Waals surface area (Å²) in [5.74, 6) is -0.276. The Morgan fingerprint density at radius 1 is 1.24 bits per heavy atom. The normalized spacial score (nSPS) is 15.9. The van der Waals surface area contributed by atoms with Gasteiger partial charge >= 0.3 is 0 Å². The molecule has 29 heavy (non-hydrogen) atoms. The van der Waals surface area contributed by atoms with Gasteiger partial charge < -0.3 is 10.1 Å². The molecule has 1 aliphatic heterocycles. The van der Waals surface area contributed by atoms with E-state index in [4.69, 9.17) is 16.3 Å². The Morgan fingerprint density at radius 3 is 2.72 bits per heavy atom. The highest BCUT2D eigenvalue weighted by Gasteiger charge is 2.24. The third-order valence-corrected chi connectivity index (χ3v) is 5.07. The first-order valence-electron chi connectivity index (χ1n) is 9.31. The number of non-ortho nitro benzene ring substituents is 1. The van der Waals surface area contributed by atoms with Crippen LogP contribution >= 0.6 is 11.6 Å². The predicted octanol–water partition coefficient (Wildman–Crippen LogP) is 3.45. The predicted molar refractivity (Wildman–Crippen MR) is 112 cm³/mol. The Bertz CT molecular complexity index is 897. The lowest BCUT2D eigenvalue weighted by molar-refractivity contribution is -0.384. The molecule has 0 saturated carbocycles. The van der Waals surface area contributed by atoms with Gasteiger partial charge in [-0.05, 0) is 23.3 Å². The van der Waals surface area contributed by atoms with Crippen molar-refractivity contribution in [3.8, 4) is 0 Å². The summed E-state index contributed by atoms with van der Waals surface area (Å²) in [6.07, 6.45) is 2.93. The summed E-state index contributed by atoms with van der Waals surface area (Å²) in [5.41, 5.74) is 1.53. The third kappa shape index (κ3) is 5.87. The molecule has 1 amide bonds. The van der Waals surface area contributed by atoms with Crippen molar-refractivity contribution in [3.05, 3.63) is 80.9 Å². The number of amides is 1. The maximum Gasteiger partial charge on any atom is 0.270 e. The van der Waals surface area contributed by atoms with E-state index in [9.17, 15) is 14.9 Å². The SMILES string of the molecule is O=C(/C=C/c1cccc([N+](=O)[O-])c1)NCC(c1ccccc1Cl)N1CCOCC1. The van der Waals surface area contributed by atoms with E-state index in [1.165, 1.54) is 18.2 Å². The number of rotatable bonds is 7. The van der Waals surface area contributed by atoms with Crippen molar-refractivity contribution in [2.75, 3.05) is 32.8 Å². The molecule has 1 fully saturated rings. The molecule has 0 aromatic heterocycles. The summed E-state index contributed by atoms with van der Waals surface area (Å²) in [6.45, 7) is 3.19. The molecule has 8 heteroatoms. The number of nitrogens with zero attached hydrogens (tertiary/aromatic N) is 2. The highest BCUT2D eigenvalue weighted by molar-refractivity contribution is 6.31. The average Bonchev–Trinajstić information content (AvgIpc) is 2.74. The van der Waals surface area contributed by atoms with E-state index >= 15 is 0 Å². The lowest BCUT2D eigenvalue weighted by Crippen LogP contribution is -2.43. The number of morpholine rings is 1. The van der Waals surface area contributed by atoms with Gasteiger partial charge in [-0.15, -0.1) is 0 Å². The standard InChI is InChI=1S/C21H22ClN3O4/c22-19-7-2-1-6-18(19)20(24-10-12-29-13-11-24)15-23-21(26)9-8-16-4-3-5-17(14-16)25(27)28/h1-9,14,20H,10-13,15H2,(H,23,26)/b9-8+. The van der Waals surface area contributed by atoms with Crippen molar-refractivity contribution in [3.63, 3.8) is 0 Å². The molecule has 1 N–H and O–H groups in total. The topological polar surface area (TPSA) is 84.7 Å². The fraction of sp³-hybridized carbons (Fsp3) is 0.286. The molecule has 0 aliphatic carbocycles. The lowest BCUT2D eigenvalue weighted by atomic mass is 10.0. The quantitative estimate of drug-likeness (QED) is 0.425. The number of hydrogen-bond acceptors (Lipinski definition) is 5. The highest BCUT2D eigenvalue weighted by Crippen LogP contribution is 2.27. The number of nitrogens with one attached hydrogen (secondary N) is 1. The van der Waals surface area contributed by atoms with Crippen molar-refractivity contribution in [2.45, 2.75) is 6.04 Å². The molecule has 0 spiro atoms. The number of nitro groups is 1. The van der Waals surface area contributed by atoms with Gasteiger partial charge in [-0.3, -0.25) is 19.8 Å². The summed E-state index contributed by atoms with van der Waals surface area (Å²) in [6, 6.07) is 13.7.